The molecule has 0 saturated heterocycles. The molecule has 0 atom stereocenters. The minimum atomic E-state index is -0.412. The summed E-state index contributed by atoms with van der Waals surface area (Å²) in [6.45, 7) is 0. The quantitative estimate of drug-likeness (QED) is 0.907. The van der Waals surface area contributed by atoms with E-state index in [2.05, 4.69) is 16.4 Å². The Kier molecular flexibility index (Phi) is 3.81. The summed E-state index contributed by atoms with van der Waals surface area (Å²) in [6, 6.07) is 4.07. The van der Waals surface area contributed by atoms with Crippen molar-refractivity contribution in [1.82, 2.24) is 4.98 Å². The summed E-state index contributed by atoms with van der Waals surface area (Å²) in [5.41, 5.74) is 0.447. The predicted molar refractivity (Wildman–Crippen MR) is 92.5 cm³/mol. The third-order valence-electron chi connectivity index (χ3n) is 4.87. The van der Waals surface area contributed by atoms with Gasteiger partial charge in [-0.3, -0.25) is 9.59 Å². The molecule has 2 aromatic rings. The predicted octanol–water partition coefficient (Wildman–Crippen LogP) is 4.17. The Balaban J connectivity index is 1.61. The van der Waals surface area contributed by atoms with Crippen LogP contribution in [0.15, 0.2) is 17.5 Å². The van der Waals surface area contributed by atoms with E-state index in [-0.39, 0.29) is 11.7 Å². The molecule has 1 N–H and O–H groups in total. The number of amides is 1. The summed E-state index contributed by atoms with van der Waals surface area (Å²) < 4.78 is 0. The van der Waals surface area contributed by atoms with Gasteiger partial charge < -0.3 is 5.32 Å². The van der Waals surface area contributed by atoms with E-state index in [1.807, 2.05) is 11.4 Å². The molecule has 23 heavy (non-hydrogen) atoms. The van der Waals surface area contributed by atoms with Crippen molar-refractivity contribution < 1.29 is 9.59 Å². The molecule has 0 radical (unpaired) electrons. The van der Waals surface area contributed by atoms with Gasteiger partial charge in [0.1, 0.15) is 0 Å². The summed E-state index contributed by atoms with van der Waals surface area (Å²) in [5, 5.41) is 5.63. The lowest BCUT2D eigenvalue weighted by Gasteiger charge is -2.25. The summed E-state index contributed by atoms with van der Waals surface area (Å²) in [7, 11) is 0. The molecule has 0 unspecified atom stereocenters. The van der Waals surface area contributed by atoms with Crippen LogP contribution in [0, 0.1) is 0 Å². The van der Waals surface area contributed by atoms with Crippen molar-refractivity contribution in [1.29, 1.82) is 0 Å². The number of aryl methyl sites for hydroxylation is 1. The molecular weight excluding hydrogens is 328 g/mol. The number of anilines is 1. The largest absolute Gasteiger partial charge is 0.301 e. The first-order chi connectivity index (χ1) is 11.2. The van der Waals surface area contributed by atoms with Crippen LogP contribution < -0.4 is 5.32 Å². The summed E-state index contributed by atoms with van der Waals surface area (Å²) in [6.07, 6.45) is 6.25. The zero-order valence-corrected chi connectivity index (χ0v) is 14.4. The summed E-state index contributed by atoms with van der Waals surface area (Å²) >= 11 is 2.99. The van der Waals surface area contributed by atoms with Crippen molar-refractivity contribution in [3.63, 3.8) is 0 Å². The standard InChI is InChI=1S/C17H18N2O2S2/c20-12-6-3-5-11-14(12)23-16(18-11)19-15(21)17(8-1-2-9-17)13-7-4-10-22-13/h4,7,10H,1-3,5-6,8-9H2,(H,18,19,21). The van der Waals surface area contributed by atoms with Gasteiger partial charge >= 0.3 is 0 Å². The Morgan fingerprint density at radius 1 is 1.22 bits per heavy atom. The Labute approximate surface area is 142 Å². The van der Waals surface area contributed by atoms with E-state index in [1.165, 1.54) is 11.3 Å². The molecule has 0 spiro atoms. The van der Waals surface area contributed by atoms with Crippen LogP contribution in [0.3, 0.4) is 0 Å². The molecule has 1 saturated carbocycles. The molecule has 0 aliphatic heterocycles. The summed E-state index contributed by atoms with van der Waals surface area (Å²) in [5.74, 6) is 0.203. The van der Waals surface area contributed by atoms with E-state index in [1.54, 1.807) is 11.3 Å². The van der Waals surface area contributed by atoms with Gasteiger partial charge in [0, 0.05) is 11.3 Å². The molecule has 0 aromatic carbocycles. The fourth-order valence-electron chi connectivity index (χ4n) is 3.65. The second kappa shape index (κ2) is 5.83. The van der Waals surface area contributed by atoms with Crippen LogP contribution in [-0.2, 0) is 16.6 Å². The first kappa shape index (κ1) is 15.0. The molecule has 2 heterocycles. The lowest BCUT2D eigenvalue weighted by atomic mass is 9.83. The highest BCUT2D eigenvalue weighted by atomic mass is 32.1. The van der Waals surface area contributed by atoms with Crippen LogP contribution in [0.1, 0.15) is 58.8 Å². The number of thiazole rings is 1. The molecule has 0 bridgehead atoms. The zero-order chi connectivity index (χ0) is 15.9. The normalized spacial score (nSPS) is 19.6. The highest BCUT2D eigenvalue weighted by Crippen LogP contribution is 2.44. The second-order valence-electron chi connectivity index (χ2n) is 6.29. The monoisotopic (exact) mass is 346 g/mol. The molecule has 6 heteroatoms. The van der Waals surface area contributed by atoms with Gasteiger partial charge in [-0.05, 0) is 37.1 Å². The van der Waals surface area contributed by atoms with E-state index in [9.17, 15) is 9.59 Å². The van der Waals surface area contributed by atoms with Crippen molar-refractivity contribution in [3.8, 4) is 0 Å². The topological polar surface area (TPSA) is 59.1 Å². The van der Waals surface area contributed by atoms with E-state index < -0.39 is 5.41 Å². The number of carbonyl (C=O) groups is 2. The van der Waals surface area contributed by atoms with E-state index >= 15 is 0 Å². The minimum Gasteiger partial charge on any atom is -0.301 e. The number of fused-ring (bicyclic) bond motifs is 1. The number of thiophene rings is 1. The van der Waals surface area contributed by atoms with Crippen molar-refractivity contribution in [3.05, 3.63) is 33.0 Å². The Morgan fingerprint density at radius 3 is 2.74 bits per heavy atom. The van der Waals surface area contributed by atoms with Crippen LogP contribution in [0.4, 0.5) is 5.13 Å². The maximum absolute atomic E-state index is 13.0. The van der Waals surface area contributed by atoms with Crippen LogP contribution in [0.2, 0.25) is 0 Å². The molecule has 4 nitrogen and oxygen atoms in total. The van der Waals surface area contributed by atoms with Crippen molar-refractivity contribution in [2.75, 3.05) is 5.32 Å². The molecule has 2 aliphatic rings. The fourth-order valence-corrected chi connectivity index (χ4v) is 5.61. The van der Waals surface area contributed by atoms with Gasteiger partial charge in [-0.1, -0.05) is 30.2 Å². The van der Waals surface area contributed by atoms with Crippen LogP contribution in [0.25, 0.3) is 0 Å². The number of nitrogens with zero attached hydrogens (tertiary/aromatic N) is 1. The minimum absolute atomic E-state index is 0.0380. The van der Waals surface area contributed by atoms with Gasteiger partial charge in [0.05, 0.1) is 16.0 Å². The van der Waals surface area contributed by atoms with Crippen molar-refractivity contribution in [2.24, 2.45) is 0 Å². The number of rotatable bonds is 3. The molecule has 1 fully saturated rings. The van der Waals surface area contributed by atoms with Crippen molar-refractivity contribution in [2.45, 2.75) is 50.4 Å². The number of carbonyl (C=O) groups excluding carboxylic acids is 2. The average Bonchev–Trinajstić information content (AvgIpc) is 3.28. The fraction of sp³-hybridized carbons (Fsp3) is 0.471. The van der Waals surface area contributed by atoms with Crippen LogP contribution in [-0.4, -0.2) is 16.7 Å². The lowest BCUT2D eigenvalue weighted by Crippen LogP contribution is -2.37. The van der Waals surface area contributed by atoms with Gasteiger partial charge in [0.2, 0.25) is 5.91 Å². The number of nitrogens with one attached hydrogen (secondary N) is 1. The third-order valence-corrected chi connectivity index (χ3v) is 7.00. The maximum atomic E-state index is 13.0. The van der Waals surface area contributed by atoms with Crippen LogP contribution >= 0.6 is 22.7 Å². The molecule has 120 valence electrons. The molecule has 2 aromatic heterocycles. The highest BCUT2D eigenvalue weighted by molar-refractivity contribution is 7.17. The first-order valence-corrected chi connectivity index (χ1v) is 9.77. The van der Waals surface area contributed by atoms with Gasteiger partial charge in [-0.15, -0.1) is 11.3 Å². The highest BCUT2D eigenvalue weighted by Gasteiger charge is 2.44. The molecule has 4 rings (SSSR count). The number of hydrogen-bond acceptors (Lipinski definition) is 5. The average molecular weight is 346 g/mol. The van der Waals surface area contributed by atoms with Gasteiger partial charge in [0.15, 0.2) is 10.9 Å². The van der Waals surface area contributed by atoms with Crippen LogP contribution in [0.5, 0.6) is 0 Å². The van der Waals surface area contributed by atoms with Gasteiger partial charge in [-0.25, -0.2) is 4.98 Å². The van der Waals surface area contributed by atoms with E-state index in [0.717, 1.165) is 54.0 Å². The number of Topliss-reactive ketones (excluding diaryl/α,β-unsaturated/α-hetero) is 1. The summed E-state index contributed by atoms with van der Waals surface area (Å²) in [4.78, 5) is 31.3. The first-order valence-electron chi connectivity index (χ1n) is 8.07. The lowest BCUT2D eigenvalue weighted by molar-refractivity contribution is -0.121. The van der Waals surface area contributed by atoms with Gasteiger partial charge in [0.25, 0.3) is 0 Å². The Bertz CT molecular complexity index is 743. The number of aromatic nitrogens is 1. The smallest absolute Gasteiger partial charge is 0.237 e. The maximum Gasteiger partial charge on any atom is 0.237 e. The molecular formula is C17H18N2O2S2. The molecule has 2 aliphatic carbocycles. The number of ketones is 1. The van der Waals surface area contributed by atoms with Gasteiger partial charge in [-0.2, -0.15) is 0 Å². The van der Waals surface area contributed by atoms with E-state index in [4.69, 9.17) is 0 Å². The Hall–Kier alpha value is -1.53. The SMILES string of the molecule is O=C1CCCc2nc(NC(=O)C3(c4cccs4)CCCC3)sc21. The molecule has 1 amide bonds. The zero-order valence-electron chi connectivity index (χ0n) is 12.8. The van der Waals surface area contributed by atoms with Crippen molar-refractivity contribution >= 4 is 39.5 Å². The third kappa shape index (κ3) is 2.54. The number of hydrogen-bond donors (Lipinski definition) is 1. The second-order valence-corrected chi connectivity index (χ2v) is 8.24. The Morgan fingerprint density at radius 2 is 2.04 bits per heavy atom. The van der Waals surface area contributed by atoms with E-state index in [0.29, 0.717) is 11.6 Å².